The molecule has 0 atom stereocenters. The average molecular weight is 263 g/mol. The Bertz CT molecular complexity index is 532. The summed E-state index contributed by atoms with van der Waals surface area (Å²) in [7, 11) is 1.71. The van der Waals surface area contributed by atoms with Crippen LogP contribution in [0, 0.1) is 0 Å². The maximum Gasteiger partial charge on any atom is 0.296 e. The molecule has 0 bridgehead atoms. The summed E-state index contributed by atoms with van der Waals surface area (Å²) in [5.74, 6) is -0.282. The van der Waals surface area contributed by atoms with Crippen molar-refractivity contribution in [3.63, 3.8) is 0 Å². The maximum absolute atomic E-state index is 11.7. The minimum atomic E-state index is -0.321. The molecule has 1 aromatic rings. The van der Waals surface area contributed by atoms with Gasteiger partial charge in [-0.1, -0.05) is 6.07 Å². The Morgan fingerprint density at radius 3 is 3.00 bits per heavy atom. The molecular formula is C12H13N3O2S. The standard InChI is InChI=1S/C12H13N3O2S/c1-8(16)13-12-14-11(17)10(15(12)2)6-5-9-4-3-7-18-9/h3-4,6-7H,5H2,1-2H3,(H,13,14,16,17). The Morgan fingerprint density at radius 1 is 1.61 bits per heavy atom. The summed E-state index contributed by atoms with van der Waals surface area (Å²) in [5, 5.41) is 4.52. The van der Waals surface area contributed by atoms with Crippen LogP contribution in [0.3, 0.4) is 0 Å². The zero-order valence-corrected chi connectivity index (χ0v) is 11.0. The van der Waals surface area contributed by atoms with Gasteiger partial charge < -0.3 is 4.90 Å². The zero-order chi connectivity index (χ0) is 13.1. The quantitative estimate of drug-likeness (QED) is 0.814. The number of allylic oxidation sites excluding steroid dienone is 1. The van der Waals surface area contributed by atoms with Crippen molar-refractivity contribution < 1.29 is 9.59 Å². The number of carbonyl (C=O) groups excluding carboxylic acids is 2. The predicted octanol–water partition coefficient (Wildman–Crippen LogP) is 1.14. The number of guanidine groups is 1. The van der Waals surface area contributed by atoms with E-state index in [9.17, 15) is 9.59 Å². The Hall–Kier alpha value is -1.95. The number of rotatable bonds is 2. The van der Waals surface area contributed by atoms with E-state index in [1.54, 1.807) is 23.3 Å². The summed E-state index contributed by atoms with van der Waals surface area (Å²) in [4.78, 5) is 29.2. The zero-order valence-electron chi connectivity index (χ0n) is 10.1. The summed E-state index contributed by atoms with van der Waals surface area (Å²) in [5.41, 5.74) is 0.493. The van der Waals surface area contributed by atoms with Crippen LogP contribution < -0.4 is 5.32 Å². The van der Waals surface area contributed by atoms with Crippen molar-refractivity contribution in [2.24, 2.45) is 4.99 Å². The molecule has 5 nitrogen and oxygen atoms in total. The van der Waals surface area contributed by atoms with Crippen molar-refractivity contribution in [3.05, 3.63) is 34.2 Å². The molecule has 0 radical (unpaired) electrons. The highest BCUT2D eigenvalue weighted by Gasteiger charge is 2.26. The van der Waals surface area contributed by atoms with Crippen LogP contribution in [-0.4, -0.2) is 29.7 Å². The highest BCUT2D eigenvalue weighted by Crippen LogP contribution is 2.16. The Kier molecular flexibility index (Phi) is 3.57. The summed E-state index contributed by atoms with van der Waals surface area (Å²) < 4.78 is 0. The molecule has 2 heterocycles. The first-order chi connectivity index (χ1) is 8.58. The monoisotopic (exact) mass is 263 g/mol. The number of hydrogen-bond acceptors (Lipinski definition) is 4. The molecule has 2 rings (SSSR count). The average Bonchev–Trinajstić information content (AvgIpc) is 2.87. The van der Waals surface area contributed by atoms with Gasteiger partial charge in [0.1, 0.15) is 5.70 Å². The first-order valence-electron chi connectivity index (χ1n) is 5.45. The second-order valence-corrected chi connectivity index (χ2v) is 4.89. The number of nitrogens with one attached hydrogen (secondary N) is 1. The fraction of sp³-hybridized carbons (Fsp3) is 0.250. The van der Waals surface area contributed by atoms with Gasteiger partial charge in [-0.15, -0.1) is 11.3 Å². The summed E-state index contributed by atoms with van der Waals surface area (Å²) in [6.07, 6.45) is 2.51. The molecule has 18 heavy (non-hydrogen) atoms. The van der Waals surface area contributed by atoms with Gasteiger partial charge in [-0.3, -0.25) is 14.9 Å². The molecule has 0 aliphatic carbocycles. The van der Waals surface area contributed by atoms with Crippen molar-refractivity contribution in [1.82, 2.24) is 10.2 Å². The van der Waals surface area contributed by atoms with Gasteiger partial charge in [0, 0.05) is 25.3 Å². The van der Waals surface area contributed by atoms with Gasteiger partial charge in [0.2, 0.25) is 11.9 Å². The van der Waals surface area contributed by atoms with Gasteiger partial charge in [-0.05, 0) is 17.5 Å². The smallest absolute Gasteiger partial charge is 0.296 e. The first kappa shape index (κ1) is 12.5. The highest BCUT2D eigenvalue weighted by molar-refractivity contribution is 7.09. The molecule has 0 saturated heterocycles. The van der Waals surface area contributed by atoms with Gasteiger partial charge in [-0.25, -0.2) is 0 Å². The molecule has 2 amide bonds. The van der Waals surface area contributed by atoms with Crippen molar-refractivity contribution >= 4 is 29.1 Å². The van der Waals surface area contributed by atoms with E-state index in [-0.39, 0.29) is 17.8 Å². The van der Waals surface area contributed by atoms with E-state index in [4.69, 9.17) is 0 Å². The summed E-state index contributed by atoms with van der Waals surface area (Å²) >= 11 is 1.64. The van der Waals surface area contributed by atoms with E-state index in [2.05, 4.69) is 10.3 Å². The van der Waals surface area contributed by atoms with Crippen LogP contribution in [0.2, 0.25) is 0 Å². The van der Waals surface area contributed by atoms with Gasteiger partial charge >= 0.3 is 0 Å². The van der Waals surface area contributed by atoms with Crippen LogP contribution in [0.5, 0.6) is 0 Å². The van der Waals surface area contributed by atoms with Crippen molar-refractivity contribution in [2.45, 2.75) is 13.3 Å². The van der Waals surface area contributed by atoms with E-state index < -0.39 is 0 Å². The molecule has 1 aliphatic rings. The van der Waals surface area contributed by atoms with Crippen LogP contribution >= 0.6 is 11.3 Å². The number of nitrogens with zero attached hydrogens (tertiary/aromatic N) is 2. The van der Waals surface area contributed by atoms with E-state index in [0.717, 1.165) is 0 Å². The van der Waals surface area contributed by atoms with Crippen LogP contribution in [0.4, 0.5) is 0 Å². The van der Waals surface area contributed by atoms with E-state index >= 15 is 0 Å². The van der Waals surface area contributed by atoms with Gasteiger partial charge in [0.15, 0.2) is 0 Å². The third-order valence-electron chi connectivity index (χ3n) is 2.47. The van der Waals surface area contributed by atoms with Crippen molar-refractivity contribution in [3.8, 4) is 0 Å². The predicted molar refractivity (Wildman–Crippen MR) is 70.1 cm³/mol. The Balaban J connectivity index is 2.10. The molecule has 1 aromatic heterocycles. The third-order valence-corrected chi connectivity index (χ3v) is 3.37. The van der Waals surface area contributed by atoms with Crippen molar-refractivity contribution in [1.29, 1.82) is 0 Å². The van der Waals surface area contributed by atoms with Crippen LogP contribution in [0.1, 0.15) is 11.8 Å². The molecule has 0 spiro atoms. The Labute approximate surface area is 109 Å². The highest BCUT2D eigenvalue weighted by atomic mass is 32.1. The van der Waals surface area contributed by atoms with Gasteiger partial charge in [-0.2, -0.15) is 4.99 Å². The number of amides is 2. The topological polar surface area (TPSA) is 61.8 Å². The lowest BCUT2D eigenvalue weighted by Crippen LogP contribution is -2.37. The molecule has 0 fully saturated rings. The Morgan fingerprint density at radius 2 is 2.39 bits per heavy atom. The molecule has 94 valence electrons. The molecule has 0 unspecified atom stereocenters. The van der Waals surface area contributed by atoms with E-state index in [1.165, 1.54) is 11.8 Å². The lowest BCUT2D eigenvalue weighted by Gasteiger charge is -2.14. The number of hydrogen-bond donors (Lipinski definition) is 1. The number of thiophene rings is 1. The first-order valence-corrected chi connectivity index (χ1v) is 6.33. The van der Waals surface area contributed by atoms with Crippen LogP contribution in [0.25, 0.3) is 0 Å². The summed E-state index contributed by atoms with van der Waals surface area (Å²) in [6.45, 7) is 1.38. The third kappa shape index (κ3) is 2.65. The maximum atomic E-state index is 11.7. The van der Waals surface area contributed by atoms with Gasteiger partial charge in [0.05, 0.1) is 0 Å². The molecule has 6 heteroatoms. The lowest BCUT2D eigenvalue weighted by atomic mass is 10.2. The van der Waals surface area contributed by atoms with Crippen molar-refractivity contribution in [2.75, 3.05) is 7.05 Å². The lowest BCUT2D eigenvalue weighted by molar-refractivity contribution is -0.117. The largest absolute Gasteiger partial charge is 0.310 e. The molecule has 1 N–H and O–H groups in total. The van der Waals surface area contributed by atoms with Crippen LogP contribution in [-0.2, 0) is 16.0 Å². The normalized spacial score (nSPS) is 17.2. The number of carbonyl (C=O) groups is 2. The molecular weight excluding hydrogens is 250 g/mol. The van der Waals surface area contributed by atoms with Gasteiger partial charge in [0.25, 0.3) is 5.91 Å². The van der Waals surface area contributed by atoms with Crippen LogP contribution in [0.15, 0.2) is 34.3 Å². The molecule has 0 aromatic carbocycles. The summed E-state index contributed by atoms with van der Waals surface area (Å²) in [6, 6.07) is 3.98. The minimum Gasteiger partial charge on any atom is -0.310 e. The fourth-order valence-corrected chi connectivity index (χ4v) is 2.27. The second kappa shape index (κ2) is 5.14. The minimum absolute atomic E-state index is 0.243. The molecule has 1 aliphatic heterocycles. The fourth-order valence-electron chi connectivity index (χ4n) is 1.61. The van der Waals surface area contributed by atoms with E-state index in [1.807, 2.05) is 23.6 Å². The SMILES string of the molecule is CC(=O)NC1=NC(=O)C(=CCc2cccs2)N1C. The second-order valence-electron chi connectivity index (χ2n) is 3.85. The molecule has 0 saturated carbocycles. The van der Waals surface area contributed by atoms with E-state index in [0.29, 0.717) is 12.1 Å². The number of aliphatic imine (C=N–C) groups is 1. The number of likely N-dealkylation sites (N-methyl/N-ethyl adjacent to an activating group) is 1.